The van der Waals surface area contributed by atoms with Crippen LogP contribution in [0, 0.1) is 0 Å². The van der Waals surface area contributed by atoms with E-state index in [4.69, 9.17) is 4.74 Å². The molecule has 1 aliphatic carbocycles. The SMILES string of the molecule is COc1cccc(C2=CC(=O)c3cc(NC(=O)c4ccc(N(C)C)cc4)ccc3C2=O)c1. The molecule has 0 radical (unpaired) electrons. The van der Waals surface area contributed by atoms with Gasteiger partial charge in [0.1, 0.15) is 5.75 Å². The molecule has 6 nitrogen and oxygen atoms in total. The number of Topliss-reactive ketones (excluding diaryl/α,β-unsaturated/α-hetero) is 1. The van der Waals surface area contributed by atoms with Gasteiger partial charge in [-0.25, -0.2) is 0 Å². The minimum absolute atomic E-state index is 0.245. The number of allylic oxidation sites excluding steroid dienone is 2. The Morgan fingerprint density at radius 2 is 1.66 bits per heavy atom. The van der Waals surface area contributed by atoms with Crippen molar-refractivity contribution in [2.24, 2.45) is 0 Å². The van der Waals surface area contributed by atoms with Gasteiger partial charge < -0.3 is 15.0 Å². The van der Waals surface area contributed by atoms with E-state index in [1.807, 2.05) is 31.1 Å². The van der Waals surface area contributed by atoms with Gasteiger partial charge in [-0.2, -0.15) is 0 Å². The molecule has 0 unspecified atom stereocenters. The highest BCUT2D eigenvalue weighted by atomic mass is 16.5. The number of hydrogen-bond donors (Lipinski definition) is 1. The van der Waals surface area contributed by atoms with Crippen molar-refractivity contribution in [1.29, 1.82) is 0 Å². The van der Waals surface area contributed by atoms with Gasteiger partial charge in [0.05, 0.1) is 7.11 Å². The number of rotatable bonds is 5. The lowest BCUT2D eigenvalue weighted by Crippen LogP contribution is -2.18. The average Bonchev–Trinajstić information content (AvgIpc) is 2.81. The van der Waals surface area contributed by atoms with E-state index in [2.05, 4.69) is 5.32 Å². The Bertz CT molecular complexity index is 1260. The molecule has 1 amide bonds. The molecular formula is C26H22N2O4. The van der Waals surface area contributed by atoms with Gasteiger partial charge in [-0.1, -0.05) is 12.1 Å². The molecule has 0 aliphatic heterocycles. The van der Waals surface area contributed by atoms with Crippen molar-refractivity contribution in [3.8, 4) is 5.75 Å². The molecule has 0 saturated heterocycles. The molecule has 32 heavy (non-hydrogen) atoms. The summed E-state index contributed by atoms with van der Waals surface area (Å²) in [5, 5.41) is 2.80. The molecular weight excluding hydrogens is 404 g/mol. The van der Waals surface area contributed by atoms with E-state index in [1.54, 1.807) is 61.7 Å². The van der Waals surface area contributed by atoms with Crippen LogP contribution < -0.4 is 15.0 Å². The summed E-state index contributed by atoms with van der Waals surface area (Å²) >= 11 is 0. The number of carbonyl (C=O) groups excluding carboxylic acids is 3. The molecule has 3 aromatic carbocycles. The second kappa shape index (κ2) is 8.51. The number of carbonyl (C=O) groups is 3. The Kier molecular flexibility index (Phi) is 5.60. The lowest BCUT2D eigenvalue weighted by atomic mass is 9.86. The van der Waals surface area contributed by atoms with Crippen molar-refractivity contribution >= 4 is 34.4 Å². The normalized spacial score (nSPS) is 12.7. The summed E-state index contributed by atoms with van der Waals surface area (Å²) in [6.07, 6.45) is 1.34. The zero-order valence-electron chi connectivity index (χ0n) is 18.0. The summed E-state index contributed by atoms with van der Waals surface area (Å²) < 4.78 is 5.22. The van der Waals surface area contributed by atoms with Gasteiger partial charge >= 0.3 is 0 Å². The van der Waals surface area contributed by atoms with Gasteiger partial charge in [0.25, 0.3) is 5.91 Å². The van der Waals surface area contributed by atoms with Crippen molar-refractivity contribution in [2.75, 3.05) is 31.4 Å². The topological polar surface area (TPSA) is 75.7 Å². The number of fused-ring (bicyclic) bond motifs is 1. The monoisotopic (exact) mass is 426 g/mol. The predicted octanol–water partition coefficient (Wildman–Crippen LogP) is 4.48. The smallest absolute Gasteiger partial charge is 0.255 e. The van der Waals surface area contributed by atoms with Crippen molar-refractivity contribution in [2.45, 2.75) is 0 Å². The highest BCUT2D eigenvalue weighted by Crippen LogP contribution is 2.31. The standard InChI is InChI=1S/C26H22N2O4/c1-28(2)19-10-7-16(8-11-19)26(31)27-18-9-12-21-23(14-18)24(29)15-22(25(21)30)17-5-4-6-20(13-17)32-3/h4-15H,1-3H3,(H,27,31). The zero-order valence-corrected chi connectivity index (χ0v) is 18.0. The number of nitrogens with one attached hydrogen (secondary N) is 1. The second-order valence-electron chi connectivity index (χ2n) is 7.64. The number of benzene rings is 3. The first-order valence-electron chi connectivity index (χ1n) is 10.1. The van der Waals surface area contributed by atoms with Gasteiger partial charge in [-0.15, -0.1) is 0 Å². The molecule has 160 valence electrons. The van der Waals surface area contributed by atoms with E-state index in [0.717, 1.165) is 5.69 Å². The molecule has 3 aromatic rings. The van der Waals surface area contributed by atoms with Crippen LogP contribution in [0.1, 0.15) is 36.6 Å². The van der Waals surface area contributed by atoms with Crippen LogP contribution >= 0.6 is 0 Å². The number of amides is 1. The third-order valence-corrected chi connectivity index (χ3v) is 5.33. The Balaban J connectivity index is 1.58. The number of ketones is 2. The minimum atomic E-state index is -0.294. The van der Waals surface area contributed by atoms with Crippen LogP contribution in [-0.2, 0) is 0 Å². The van der Waals surface area contributed by atoms with Crippen LogP contribution in [0.2, 0.25) is 0 Å². The third-order valence-electron chi connectivity index (χ3n) is 5.33. The number of hydrogen-bond acceptors (Lipinski definition) is 5. The lowest BCUT2D eigenvalue weighted by molar-refractivity contribution is 0.100. The second-order valence-corrected chi connectivity index (χ2v) is 7.64. The lowest BCUT2D eigenvalue weighted by Gasteiger charge is -2.17. The van der Waals surface area contributed by atoms with Crippen molar-refractivity contribution in [3.63, 3.8) is 0 Å². The summed E-state index contributed by atoms with van der Waals surface area (Å²) in [6, 6.07) is 19.0. The molecule has 6 heteroatoms. The fourth-order valence-electron chi connectivity index (χ4n) is 3.56. The van der Waals surface area contributed by atoms with Gasteiger partial charge in [-0.3, -0.25) is 14.4 Å². The van der Waals surface area contributed by atoms with Gasteiger partial charge in [0.2, 0.25) is 0 Å². The maximum Gasteiger partial charge on any atom is 0.255 e. The Hall–Kier alpha value is -4.19. The van der Waals surface area contributed by atoms with E-state index < -0.39 is 0 Å². The molecule has 0 saturated carbocycles. The Labute approximate surface area is 186 Å². The van der Waals surface area contributed by atoms with Gasteiger partial charge in [-0.05, 0) is 66.2 Å². The molecule has 1 N–H and O–H groups in total. The maximum absolute atomic E-state index is 13.1. The van der Waals surface area contributed by atoms with E-state index in [1.165, 1.54) is 6.08 Å². The van der Waals surface area contributed by atoms with E-state index >= 15 is 0 Å². The molecule has 0 spiro atoms. The van der Waals surface area contributed by atoms with Crippen LogP contribution in [0.4, 0.5) is 11.4 Å². The summed E-state index contributed by atoms with van der Waals surface area (Å²) in [5.41, 5.74) is 3.44. The summed E-state index contributed by atoms with van der Waals surface area (Å²) in [7, 11) is 5.40. The highest BCUT2D eigenvalue weighted by Gasteiger charge is 2.27. The van der Waals surface area contributed by atoms with E-state index in [0.29, 0.717) is 33.7 Å². The molecule has 1 aliphatic rings. The average molecular weight is 426 g/mol. The number of methoxy groups -OCH3 is 1. The van der Waals surface area contributed by atoms with Crippen LogP contribution in [0.3, 0.4) is 0 Å². The minimum Gasteiger partial charge on any atom is -0.497 e. The van der Waals surface area contributed by atoms with E-state index in [9.17, 15) is 14.4 Å². The first-order chi connectivity index (χ1) is 15.4. The van der Waals surface area contributed by atoms with Crippen molar-refractivity contribution in [3.05, 3.63) is 95.1 Å². The van der Waals surface area contributed by atoms with Crippen molar-refractivity contribution in [1.82, 2.24) is 0 Å². The molecule has 0 atom stereocenters. The zero-order chi connectivity index (χ0) is 22.8. The molecule has 0 bridgehead atoms. The first kappa shape index (κ1) is 21.1. The summed E-state index contributed by atoms with van der Waals surface area (Å²) in [5.74, 6) is -0.225. The summed E-state index contributed by atoms with van der Waals surface area (Å²) in [4.78, 5) is 40.4. The Morgan fingerprint density at radius 3 is 2.34 bits per heavy atom. The Morgan fingerprint density at radius 1 is 0.906 bits per heavy atom. The highest BCUT2D eigenvalue weighted by molar-refractivity contribution is 6.38. The maximum atomic E-state index is 13.1. The molecule has 0 fully saturated rings. The number of ether oxygens (including phenoxy) is 1. The molecule has 0 heterocycles. The van der Waals surface area contributed by atoms with Gasteiger partial charge in [0, 0.05) is 47.7 Å². The van der Waals surface area contributed by atoms with Crippen LogP contribution in [0.25, 0.3) is 5.57 Å². The van der Waals surface area contributed by atoms with Gasteiger partial charge in [0.15, 0.2) is 11.6 Å². The van der Waals surface area contributed by atoms with E-state index in [-0.39, 0.29) is 23.0 Å². The van der Waals surface area contributed by atoms with Crippen LogP contribution in [0.5, 0.6) is 5.75 Å². The fourth-order valence-corrected chi connectivity index (χ4v) is 3.56. The molecule has 0 aromatic heterocycles. The summed E-state index contributed by atoms with van der Waals surface area (Å²) in [6.45, 7) is 0. The van der Waals surface area contributed by atoms with Crippen molar-refractivity contribution < 1.29 is 19.1 Å². The van der Waals surface area contributed by atoms with Crippen LogP contribution in [-0.4, -0.2) is 38.7 Å². The number of nitrogens with zero attached hydrogens (tertiary/aromatic N) is 1. The third kappa shape index (κ3) is 4.03. The first-order valence-corrected chi connectivity index (χ1v) is 10.1. The fraction of sp³-hybridized carbons (Fsp3) is 0.115. The number of anilines is 2. The van der Waals surface area contributed by atoms with Crippen LogP contribution in [0.15, 0.2) is 72.8 Å². The quantitative estimate of drug-likeness (QED) is 0.651. The predicted molar refractivity (Wildman–Crippen MR) is 125 cm³/mol. The molecule has 4 rings (SSSR count). The largest absolute Gasteiger partial charge is 0.497 e.